The third kappa shape index (κ3) is 6.25. The first-order valence-electron chi connectivity index (χ1n) is 9.49. The standard InChI is InChI=1S/C20H22F2N4O3S2/c1-13(11-27)23-17-10-18(25-20(24-17)30-12-14-6-3-2-4-7-14)26-31(28,29)19-15(21)8-5-9-16(19)22/h2-4,6-8,10,13,27H,5,9,11-12H2,1H3,(H2,23,24,25,26)/t13-/m1/s1. The topological polar surface area (TPSA) is 104 Å². The number of sulfonamides is 1. The summed E-state index contributed by atoms with van der Waals surface area (Å²) in [5.41, 5.74) is 1.02. The molecule has 1 aromatic carbocycles. The molecule has 0 unspecified atom stereocenters. The van der Waals surface area contributed by atoms with Gasteiger partial charge in [0.2, 0.25) is 0 Å². The molecule has 0 aliphatic heterocycles. The van der Waals surface area contributed by atoms with Crippen LogP contribution in [0.1, 0.15) is 25.3 Å². The first-order valence-corrected chi connectivity index (χ1v) is 12.0. The zero-order valence-corrected chi connectivity index (χ0v) is 18.3. The van der Waals surface area contributed by atoms with Crippen LogP contribution in [0.2, 0.25) is 0 Å². The van der Waals surface area contributed by atoms with Crippen molar-refractivity contribution >= 4 is 33.4 Å². The number of aliphatic hydroxyl groups is 1. The van der Waals surface area contributed by atoms with Gasteiger partial charge in [-0.05, 0) is 25.0 Å². The maximum atomic E-state index is 14.1. The van der Waals surface area contributed by atoms with Gasteiger partial charge in [-0.15, -0.1) is 0 Å². The van der Waals surface area contributed by atoms with Crippen LogP contribution in [0.25, 0.3) is 0 Å². The van der Waals surface area contributed by atoms with Crippen molar-refractivity contribution in [2.24, 2.45) is 0 Å². The van der Waals surface area contributed by atoms with Gasteiger partial charge < -0.3 is 10.4 Å². The van der Waals surface area contributed by atoms with Crippen molar-refractivity contribution in [3.05, 3.63) is 64.6 Å². The summed E-state index contributed by atoms with van der Waals surface area (Å²) in [6, 6.07) is 10.5. The van der Waals surface area contributed by atoms with Crippen LogP contribution in [-0.2, 0) is 15.8 Å². The van der Waals surface area contributed by atoms with Gasteiger partial charge in [-0.1, -0.05) is 42.1 Å². The Bertz CT molecular complexity index is 1090. The molecule has 0 radical (unpaired) electrons. The number of anilines is 2. The third-order valence-corrected chi connectivity index (χ3v) is 6.59. The number of halogens is 2. The number of hydrogen-bond acceptors (Lipinski definition) is 7. The zero-order valence-electron chi connectivity index (χ0n) is 16.7. The highest BCUT2D eigenvalue weighted by Crippen LogP contribution is 2.32. The number of aliphatic hydroxyl groups excluding tert-OH is 1. The number of rotatable bonds is 9. The molecule has 7 nitrogen and oxygen atoms in total. The molecule has 0 fully saturated rings. The summed E-state index contributed by atoms with van der Waals surface area (Å²) in [7, 11) is -4.53. The Morgan fingerprint density at radius 2 is 1.90 bits per heavy atom. The highest BCUT2D eigenvalue weighted by atomic mass is 32.2. The summed E-state index contributed by atoms with van der Waals surface area (Å²) in [4.78, 5) is 7.51. The molecule has 0 amide bonds. The quantitative estimate of drug-likeness (QED) is 0.375. The second-order valence-electron chi connectivity index (χ2n) is 6.85. The van der Waals surface area contributed by atoms with E-state index in [2.05, 4.69) is 20.0 Å². The van der Waals surface area contributed by atoms with Crippen molar-refractivity contribution < 1.29 is 22.3 Å². The SMILES string of the molecule is C[C@H](CO)Nc1cc(NS(=O)(=O)C2=C(F)CCC=C2F)nc(SCc2ccccc2)n1. The molecule has 0 bridgehead atoms. The monoisotopic (exact) mass is 468 g/mol. The molecule has 1 aliphatic carbocycles. The van der Waals surface area contributed by atoms with Crippen LogP contribution in [-0.4, -0.2) is 36.1 Å². The van der Waals surface area contributed by atoms with Crippen LogP contribution in [0.15, 0.2) is 64.2 Å². The third-order valence-electron chi connectivity index (χ3n) is 4.24. The van der Waals surface area contributed by atoms with Crippen molar-refractivity contribution in [3.63, 3.8) is 0 Å². The molecule has 1 aromatic heterocycles. The summed E-state index contributed by atoms with van der Waals surface area (Å²) in [6.07, 6.45) is 0.943. The molecule has 1 atom stereocenters. The lowest BCUT2D eigenvalue weighted by Gasteiger charge is -2.16. The Hall–Kier alpha value is -2.50. The average Bonchev–Trinajstić information content (AvgIpc) is 2.72. The Kier molecular flexibility index (Phi) is 7.63. The van der Waals surface area contributed by atoms with E-state index in [9.17, 15) is 22.3 Å². The number of hydrogen-bond donors (Lipinski definition) is 3. The summed E-state index contributed by atoms with van der Waals surface area (Å²) in [5.74, 6) is -1.51. The minimum atomic E-state index is -4.53. The second-order valence-corrected chi connectivity index (χ2v) is 9.42. The van der Waals surface area contributed by atoms with Crippen LogP contribution >= 0.6 is 11.8 Å². The fraction of sp³-hybridized carbons (Fsp3) is 0.300. The molecule has 0 saturated carbocycles. The van der Waals surface area contributed by atoms with Gasteiger partial charge in [0.05, 0.1) is 6.61 Å². The molecule has 1 aliphatic rings. The number of benzene rings is 1. The molecule has 31 heavy (non-hydrogen) atoms. The van der Waals surface area contributed by atoms with Crippen LogP contribution in [0, 0.1) is 0 Å². The van der Waals surface area contributed by atoms with Gasteiger partial charge in [0.25, 0.3) is 10.0 Å². The van der Waals surface area contributed by atoms with Crippen LogP contribution in [0.5, 0.6) is 0 Å². The van der Waals surface area contributed by atoms with Gasteiger partial charge in [-0.3, -0.25) is 4.72 Å². The summed E-state index contributed by atoms with van der Waals surface area (Å²) < 4.78 is 55.6. The first kappa shape index (κ1) is 23.2. The predicted molar refractivity (Wildman–Crippen MR) is 117 cm³/mol. The van der Waals surface area contributed by atoms with Gasteiger partial charge in [-0.2, -0.15) is 0 Å². The zero-order chi connectivity index (χ0) is 22.4. The molecular formula is C20H22F2N4O3S2. The molecule has 0 saturated heterocycles. The Balaban J connectivity index is 1.89. The molecule has 3 rings (SSSR count). The Labute approximate surface area is 183 Å². The Morgan fingerprint density at radius 1 is 1.19 bits per heavy atom. The normalized spacial score (nSPS) is 15.4. The number of aromatic nitrogens is 2. The number of nitrogens with one attached hydrogen (secondary N) is 2. The van der Waals surface area contributed by atoms with Crippen molar-refractivity contribution in [2.45, 2.75) is 36.7 Å². The maximum Gasteiger partial charge on any atom is 0.268 e. The molecule has 166 valence electrons. The van der Waals surface area contributed by atoms with Crippen molar-refractivity contribution in [3.8, 4) is 0 Å². The van der Waals surface area contributed by atoms with Gasteiger partial charge in [0.1, 0.15) is 23.3 Å². The Morgan fingerprint density at radius 3 is 2.58 bits per heavy atom. The van der Waals surface area contributed by atoms with Crippen molar-refractivity contribution in [1.29, 1.82) is 0 Å². The van der Waals surface area contributed by atoms with Crippen LogP contribution in [0.3, 0.4) is 0 Å². The summed E-state index contributed by atoms with van der Waals surface area (Å²) >= 11 is 1.27. The molecule has 11 heteroatoms. The van der Waals surface area contributed by atoms with Gasteiger partial charge in [0.15, 0.2) is 10.1 Å². The minimum Gasteiger partial charge on any atom is -0.394 e. The van der Waals surface area contributed by atoms with E-state index in [4.69, 9.17) is 0 Å². The lowest BCUT2D eigenvalue weighted by molar-refractivity contribution is 0.281. The molecule has 2 aromatic rings. The molecule has 3 N–H and O–H groups in total. The van der Waals surface area contributed by atoms with Crippen LogP contribution in [0.4, 0.5) is 20.4 Å². The number of thioether (sulfide) groups is 1. The fourth-order valence-electron chi connectivity index (χ4n) is 2.76. The van der Waals surface area contributed by atoms with Crippen molar-refractivity contribution in [2.75, 3.05) is 16.6 Å². The van der Waals surface area contributed by atoms with E-state index in [0.717, 1.165) is 11.6 Å². The van der Waals surface area contributed by atoms with E-state index in [-0.39, 0.29) is 42.3 Å². The summed E-state index contributed by atoms with van der Waals surface area (Å²) in [6.45, 7) is 1.54. The highest BCUT2D eigenvalue weighted by molar-refractivity contribution is 7.98. The van der Waals surface area contributed by atoms with Crippen molar-refractivity contribution in [1.82, 2.24) is 9.97 Å². The van der Waals surface area contributed by atoms with E-state index in [0.29, 0.717) is 5.75 Å². The predicted octanol–water partition coefficient (Wildman–Crippen LogP) is 4.13. The van der Waals surface area contributed by atoms with Gasteiger partial charge >= 0.3 is 0 Å². The average molecular weight is 469 g/mol. The van der Waals surface area contributed by atoms with E-state index in [1.54, 1.807) is 6.92 Å². The lowest BCUT2D eigenvalue weighted by atomic mass is 10.2. The first-order chi connectivity index (χ1) is 14.8. The van der Waals surface area contributed by atoms with E-state index in [1.807, 2.05) is 30.3 Å². The molecular weight excluding hydrogens is 446 g/mol. The molecule has 0 spiro atoms. The molecule has 1 heterocycles. The van der Waals surface area contributed by atoms with Crippen LogP contribution < -0.4 is 10.0 Å². The largest absolute Gasteiger partial charge is 0.394 e. The highest BCUT2D eigenvalue weighted by Gasteiger charge is 2.29. The number of allylic oxidation sites excluding steroid dienone is 3. The minimum absolute atomic E-state index is 0.0948. The number of nitrogens with zero attached hydrogens (tertiary/aromatic N) is 2. The van der Waals surface area contributed by atoms with E-state index < -0.39 is 26.6 Å². The van der Waals surface area contributed by atoms with E-state index in [1.165, 1.54) is 17.8 Å². The lowest BCUT2D eigenvalue weighted by Crippen LogP contribution is -2.22. The van der Waals surface area contributed by atoms with E-state index >= 15 is 0 Å². The smallest absolute Gasteiger partial charge is 0.268 e. The fourth-order valence-corrected chi connectivity index (χ4v) is 4.79. The second kappa shape index (κ2) is 10.2. The van der Waals surface area contributed by atoms with Gasteiger partial charge in [-0.25, -0.2) is 27.2 Å². The summed E-state index contributed by atoms with van der Waals surface area (Å²) in [5, 5.41) is 12.5. The van der Waals surface area contributed by atoms with Gasteiger partial charge in [0, 0.05) is 24.3 Å². The maximum absolute atomic E-state index is 14.1.